The lowest BCUT2D eigenvalue weighted by atomic mass is 9.85. The van der Waals surface area contributed by atoms with E-state index in [4.69, 9.17) is 4.74 Å². The van der Waals surface area contributed by atoms with Crippen molar-refractivity contribution in [2.45, 2.75) is 31.3 Å². The molecule has 1 atom stereocenters. The van der Waals surface area contributed by atoms with Crippen LogP contribution in [0.2, 0.25) is 0 Å². The van der Waals surface area contributed by atoms with Gasteiger partial charge < -0.3 is 9.64 Å². The van der Waals surface area contributed by atoms with Gasteiger partial charge in [0.25, 0.3) is 0 Å². The Hall–Kier alpha value is -1.70. The van der Waals surface area contributed by atoms with Crippen LogP contribution in [0.3, 0.4) is 0 Å². The SMILES string of the molecule is O=C(C1CCS(=O)(=O)C1)N1CCC2(CC1)OCCc1cc(-c3ccccc3)sc12. The van der Waals surface area contributed by atoms with Crippen molar-refractivity contribution in [2.24, 2.45) is 5.92 Å². The minimum Gasteiger partial charge on any atom is -0.369 e. The van der Waals surface area contributed by atoms with Crippen molar-refractivity contribution in [1.82, 2.24) is 4.90 Å². The highest BCUT2D eigenvalue weighted by Crippen LogP contribution is 2.47. The third-order valence-corrected chi connectivity index (χ3v) is 9.68. The maximum Gasteiger partial charge on any atom is 0.226 e. The van der Waals surface area contributed by atoms with Crippen LogP contribution in [0.4, 0.5) is 0 Å². The summed E-state index contributed by atoms with van der Waals surface area (Å²) in [5, 5.41) is 0. The summed E-state index contributed by atoms with van der Waals surface area (Å²) in [7, 11) is -3.04. The number of hydrogen-bond acceptors (Lipinski definition) is 5. The lowest BCUT2D eigenvalue weighted by Gasteiger charge is -2.44. The summed E-state index contributed by atoms with van der Waals surface area (Å²) in [6.07, 6.45) is 2.96. The minimum absolute atomic E-state index is 0.00751. The average Bonchev–Trinajstić information content (AvgIpc) is 3.33. The van der Waals surface area contributed by atoms with E-state index >= 15 is 0 Å². The molecule has 29 heavy (non-hydrogen) atoms. The van der Waals surface area contributed by atoms with E-state index in [1.165, 1.54) is 20.9 Å². The van der Waals surface area contributed by atoms with Crippen LogP contribution in [0, 0.1) is 5.92 Å². The van der Waals surface area contributed by atoms with Gasteiger partial charge >= 0.3 is 0 Å². The molecule has 0 aliphatic carbocycles. The van der Waals surface area contributed by atoms with Crippen molar-refractivity contribution in [1.29, 1.82) is 0 Å². The van der Waals surface area contributed by atoms with Crippen LogP contribution >= 0.6 is 11.3 Å². The molecule has 1 amide bonds. The second-order valence-corrected chi connectivity index (χ2v) is 11.6. The van der Waals surface area contributed by atoms with E-state index in [9.17, 15) is 13.2 Å². The molecule has 2 aromatic rings. The van der Waals surface area contributed by atoms with Gasteiger partial charge in [-0.25, -0.2) is 8.42 Å². The van der Waals surface area contributed by atoms with Gasteiger partial charge in [0.2, 0.25) is 5.91 Å². The Balaban J connectivity index is 1.34. The molecular weight excluding hydrogens is 406 g/mol. The summed E-state index contributed by atoms with van der Waals surface area (Å²) in [6.45, 7) is 1.98. The molecule has 1 aromatic heterocycles. The highest BCUT2D eigenvalue weighted by Gasteiger charge is 2.44. The van der Waals surface area contributed by atoms with Gasteiger partial charge in [-0.2, -0.15) is 0 Å². The van der Waals surface area contributed by atoms with Gasteiger partial charge in [0.05, 0.1) is 24.0 Å². The van der Waals surface area contributed by atoms with Crippen LogP contribution in [0.1, 0.15) is 29.7 Å². The number of likely N-dealkylation sites (tertiary alicyclic amines) is 1. The van der Waals surface area contributed by atoms with Gasteiger partial charge in [0, 0.05) is 22.8 Å². The van der Waals surface area contributed by atoms with Crippen LogP contribution in [-0.2, 0) is 31.4 Å². The molecule has 154 valence electrons. The summed E-state index contributed by atoms with van der Waals surface area (Å²) in [5.41, 5.74) is 2.31. The zero-order valence-electron chi connectivity index (χ0n) is 16.3. The predicted molar refractivity (Wildman–Crippen MR) is 114 cm³/mol. The smallest absolute Gasteiger partial charge is 0.226 e. The summed E-state index contributed by atoms with van der Waals surface area (Å²) in [6, 6.07) is 12.7. The number of rotatable bonds is 2. The van der Waals surface area contributed by atoms with Crippen LogP contribution in [0.25, 0.3) is 10.4 Å². The Labute approximate surface area is 175 Å². The highest BCUT2D eigenvalue weighted by molar-refractivity contribution is 7.91. The maximum atomic E-state index is 12.8. The summed E-state index contributed by atoms with van der Waals surface area (Å²) >= 11 is 1.82. The molecule has 4 heterocycles. The van der Waals surface area contributed by atoms with Crippen molar-refractivity contribution in [3.05, 3.63) is 46.8 Å². The quantitative estimate of drug-likeness (QED) is 0.732. The molecule has 0 radical (unpaired) electrons. The first-order valence-corrected chi connectivity index (χ1v) is 12.9. The number of nitrogens with zero attached hydrogens (tertiary/aromatic N) is 1. The fraction of sp³-hybridized carbons (Fsp3) is 0.500. The number of hydrogen-bond donors (Lipinski definition) is 0. The molecular formula is C22H25NO4S2. The molecule has 3 aliphatic rings. The first-order valence-electron chi connectivity index (χ1n) is 10.3. The van der Waals surface area contributed by atoms with E-state index in [0.29, 0.717) is 26.1 Å². The molecule has 3 aliphatic heterocycles. The van der Waals surface area contributed by atoms with Crippen LogP contribution in [0.15, 0.2) is 36.4 Å². The van der Waals surface area contributed by atoms with E-state index in [1.54, 1.807) is 0 Å². The lowest BCUT2D eigenvalue weighted by Crippen LogP contribution is -2.49. The Bertz CT molecular complexity index is 1020. The van der Waals surface area contributed by atoms with Gasteiger partial charge in [-0.3, -0.25) is 4.79 Å². The molecule has 2 fully saturated rings. The third kappa shape index (κ3) is 3.53. The molecule has 5 nitrogen and oxygen atoms in total. The Kier molecular flexibility index (Phi) is 4.80. The summed E-state index contributed by atoms with van der Waals surface area (Å²) in [5.74, 6) is -0.193. The fourth-order valence-electron chi connectivity index (χ4n) is 4.87. The molecule has 0 saturated carbocycles. The number of carbonyl (C=O) groups is 1. The van der Waals surface area contributed by atoms with E-state index in [2.05, 4.69) is 30.3 Å². The maximum absolute atomic E-state index is 12.8. The molecule has 2 saturated heterocycles. The molecule has 1 aromatic carbocycles. The van der Waals surface area contributed by atoms with E-state index < -0.39 is 9.84 Å². The summed E-state index contributed by atoms with van der Waals surface area (Å²) < 4.78 is 29.8. The second-order valence-electron chi connectivity index (χ2n) is 8.35. The first-order chi connectivity index (χ1) is 14.0. The Morgan fingerprint density at radius 1 is 1.17 bits per heavy atom. The molecule has 0 bridgehead atoms. The average molecular weight is 432 g/mol. The van der Waals surface area contributed by atoms with Crippen molar-refractivity contribution in [3.63, 3.8) is 0 Å². The lowest BCUT2D eigenvalue weighted by molar-refractivity contribution is -0.143. The van der Waals surface area contributed by atoms with E-state index in [1.807, 2.05) is 22.3 Å². The fourth-order valence-corrected chi connectivity index (χ4v) is 8.02. The van der Waals surface area contributed by atoms with Crippen molar-refractivity contribution in [2.75, 3.05) is 31.2 Å². The standard InChI is InChI=1S/C22H25NO4S2/c24-21(18-7-13-29(25,26)15-18)23-10-8-22(9-11-23)20-17(6-12-27-22)14-19(28-20)16-4-2-1-3-5-16/h1-5,14,18H,6-13,15H2. The number of carbonyl (C=O) groups excluding carboxylic acids is 1. The zero-order valence-corrected chi connectivity index (χ0v) is 17.9. The van der Waals surface area contributed by atoms with E-state index in [0.717, 1.165) is 19.3 Å². The Morgan fingerprint density at radius 2 is 1.93 bits per heavy atom. The predicted octanol–water partition coefficient (Wildman–Crippen LogP) is 3.24. The Morgan fingerprint density at radius 3 is 2.62 bits per heavy atom. The number of fused-ring (bicyclic) bond motifs is 2. The zero-order chi connectivity index (χ0) is 20.1. The van der Waals surface area contributed by atoms with Gasteiger partial charge in [-0.1, -0.05) is 30.3 Å². The number of ether oxygens (including phenoxy) is 1. The van der Waals surface area contributed by atoms with Gasteiger partial charge in [0.1, 0.15) is 5.60 Å². The number of benzene rings is 1. The molecule has 1 unspecified atom stereocenters. The van der Waals surface area contributed by atoms with Gasteiger partial charge in [0.15, 0.2) is 9.84 Å². The number of thiophene rings is 1. The van der Waals surface area contributed by atoms with Crippen molar-refractivity contribution >= 4 is 27.1 Å². The first kappa shape index (κ1) is 19.3. The number of amides is 1. The van der Waals surface area contributed by atoms with Crippen LogP contribution in [-0.4, -0.2) is 50.4 Å². The van der Waals surface area contributed by atoms with Gasteiger partial charge in [-0.15, -0.1) is 11.3 Å². The molecule has 1 spiro atoms. The van der Waals surface area contributed by atoms with Gasteiger partial charge in [-0.05, 0) is 42.9 Å². The summed E-state index contributed by atoms with van der Waals surface area (Å²) in [4.78, 5) is 17.3. The molecule has 5 rings (SSSR count). The third-order valence-electron chi connectivity index (χ3n) is 6.50. The number of sulfone groups is 1. The largest absolute Gasteiger partial charge is 0.369 e. The number of piperidine rings is 1. The van der Waals surface area contributed by atoms with Crippen LogP contribution in [0.5, 0.6) is 0 Å². The normalized spacial score (nSPS) is 25.1. The monoisotopic (exact) mass is 431 g/mol. The topological polar surface area (TPSA) is 63.7 Å². The van der Waals surface area contributed by atoms with Crippen molar-refractivity contribution in [3.8, 4) is 10.4 Å². The van der Waals surface area contributed by atoms with Crippen LogP contribution < -0.4 is 0 Å². The molecule has 0 N–H and O–H groups in total. The molecule has 7 heteroatoms. The van der Waals surface area contributed by atoms with E-state index in [-0.39, 0.29) is 28.9 Å². The second kappa shape index (κ2) is 7.22. The highest BCUT2D eigenvalue weighted by atomic mass is 32.2. The van der Waals surface area contributed by atoms with Crippen molar-refractivity contribution < 1.29 is 17.9 Å². The minimum atomic E-state index is -3.04.